The first-order valence-electron chi connectivity index (χ1n) is 10.7. The minimum absolute atomic E-state index is 0.162. The summed E-state index contributed by atoms with van der Waals surface area (Å²) >= 11 is 1.02. The van der Waals surface area contributed by atoms with Crippen LogP contribution in [-0.4, -0.2) is 70.4 Å². The minimum atomic E-state index is -0.226. The molecule has 166 valence electrons. The van der Waals surface area contributed by atoms with E-state index in [1.807, 2.05) is 30.5 Å². The quantitative estimate of drug-likeness (QED) is 0.655. The molecule has 0 spiro atoms. The van der Waals surface area contributed by atoms with Gasteiger partial charge in [-0.15, -0.1) is 0 Å². The highest BCUT2D eigenvalue weighted by molar-refractivity contribution is 8.14. The highest BCUT2D eigenvalue weighted by Gasteiger charge is 2.31. The molecule has 32 heavy (non-hydrogen) atoms. The zero-order valence-corrected chi connectivity index (χ0v) is 18.4. The van der Waals surface area contributed by atoms with Gasteiger partial charge >= 0.3 is 0 Å². The van der Waals surface area contributed by atoms with Crippen molar-refractivity contribution in [1.82, 2.24) is 14.8 Å². The summed E-state index contributed by atoms with van der Waals surface area (Å²) in [5.41, 5.74) is 4.96. The molecule has 0 radical (unpaired) electrons. The number of anilines is 1. The predicted octanol–water partition coefficient (Wildman–Crippen LogP) is 2.58. The van der Waals surface area contributed by atoms with E-state index in [4.69, 9.17) is 4.74 Å². The maximum absolute atomic E-state index is 12.6. The average Bonchev–Trinajstić information content (AvgIpc) is 3.47. The van der Waals surface area contributed by atoms with Crippen molar-refractivity contribution >= 4 is 46.2 Å². The molecule has 0 aliphatic carbocycles. The molecule has 8 nitrogen and oxygen atoms in total. The number of thioether (sulfide) groups is 1. The number of rotatable bonds is 6. The maximum Gasteiger partial charge on any atom is 0.289 e. The van der Waals surface area contributed by atoms with Crippen LogP contribution in [0.15, 0.2) is 30.5 Å². The van der Waals surface area contributed by atoms with E-state index < -0.39 is 0 Å². The van der Waals surface area contributed by atoms with Gasteiger partial charge in [-0.1, -0.05) is 17.8 Å². The fourth-order valence-electron chi connectivity index (χ4n) is 4.15. The topological polar surface area (TPSA) is 94.7 Å². The number of imide groups is 1. The van der Waals surface area contributed by atoms with Gasteiger partial charge in [0.1, 0.15) is 0 Å². The van der Waals surface area contributed by atoms with E-state index in [1.54, 1.807) is 0 Å². The number of amides is 3. The lowest BCUT2D eigenvalue weighted by molar-refractivity contribution is -0.125. The normalized spacial score (nSPS) is 20.3. The Bertz CT molecular complexity index is 1090. The first-order chi connectivity index (χ1) is 15.6. The van der Waals surface area contributed by atoms with Crippen LogP contribution in [0.1, 0.15) is 22.4 Å². The molecule has 2 N–H and O–H groups in total. The van der Waals surface area contributed by atoms with Gasteiger partial charge < -0.3 is 15.0 Å². The van der Waals surface area contributed by atoms with Crippen LogP contribution >= 0.6 is 11.8 Å². The van der Waals surface area contributed by atoms with Crippen molar-refractivity contribution in [2.75, 3.05) is 43.9 Å². The van der Waals surface area contributed by atoms with Crippen molar-refractivity contribution < 1.29 is 19.1 Å². The second kappa shape index (κ2) is 8.93. The Labute approximate surface area is 190 Å². The second-order valence-electron chi connectivity index (χ2n) is 8.09. The number of H-pyrrole nitrogens is 1. The van der Waals surface area contributed by atoms with Gasteiger partial charge in [-0.25, -0.2) is 0 Å². The van der Waals surface area contributed by atoms with Gasteiger partial charge in [-0.3, -0.25) is 24.2 Å². The molecule has 3 aliphatic heterocycles. The van der Waals surface area contributed by atoms with Crippen molar-refractivity contribution in [3.8, 4) is 0 Å². The Morgan fingerprint density at radius 2 is 1.94 bits per heavy atom. The molecule has 2 saturated heterocycles. The monoisotopic (exact) mass is 452 g/mol. The third-order valence-corrected chi connectivity index (χ3v) is 6.79. The number of carbonyl (C=O) groups is 3. The SMILES string of the molecule is O=C1Nc2ccc(CN3C(=O)CSC3=O)cc2C1=Cc1cc(CCN2CCOCC2)c[nH]1. The van der Waals surface area contributed by atoms with Crippen molar-refractivity contribution in [3.05, 3.63) is 52.8 Å². The number of benzene rings is 1. The van der Waals surface area contributed by atoms with E-state index in [0.717, 1.165) is 73.5 Å². The molecule has 4 heterocycles. The van der Waals surface area contributed by atoms with E-state index >= 15 is 0 Å². The smallest absolute Gasteiger partial charge is 0.289 e. The minimum Gasteiger partial charge on any atom is -0.379 e. The first-order valence-corrected chi connectivity index (χ1v) is 11.7. The molecule has 0 saturated carbocycles. The number of hydrogen-bond donors (Lipinski definition) is 2. The molecule has 3 aliphatic rings. The van der Waals surface area contributed by atoms with E-state index in [1.165, 1.54) is 10.5 Å². The molecular formula is C23H24N4O4S. The summed E-state index contributed by atoms with van der Waals surface area (Å²) in [6.45, 7) is 4.71. The van der Waals surface area contributed by atoms with Crippen molar-refractivity contribution in [2.45, 2.75) is 13.0 Å². The number of nitrogens with one attached hydrogen (secondary N) is 2. The summed E-state index contributed by atoms with van der Waals surface area (Å²) in [7, 11) is 0. The standard InChI is InChI=1S/C23H24N4O4S/c28-21-14-32-23(30)27(21)13-16-1-2-20-18(10-16)19(22(29)25-20)11-17-9-15(12-24-17)3-4-26-5-7-31-8-6-26/h1-2,9-12,24H,3-8,13-14H2,(H,25,29). The van der Waals surface area contributed by atoms with Gasteiger partial charge in [-0.05, 0) is 41.8 Å². The molecule has 5 rings (SSSR count). The number of fused-ring (bicyclic) bond motifs is 1. The third-order valence-electron chi connectivity index (χ3n) is 5.93. The lowest BCUT2D eigenvalue weighted by Gasteiger charge is -2.26. The average molecular weight is 453 g/mol. The van der Waals surface area contributed by atoms with Crippen LogP contribution in [0.2, 0.25) is 0 Å². The van der Waals surface area contributed by atoms with E-state index in [9.17, 15) is 14.4 Å². The van der Waals surface area contributed by atoms with E-state index in [0.29, 0.717) is 5.57 Å². The highest BCUT2D eigenvalue weighted by atomic mass is 32.2. The predicted molar refractivity (Wildman–Crippen MR) is 123 cm³/mol. The number of aromatic nitrogens is 1. The lowest BCUT2D eigenvalue weighted by Crippen LogP contribution is -2.37. The van der Waals surface area contributed by atoms with Gasteiger partial charge in [-0.2, -0.15) is 0 Å². The molecule has 1 aromatic heterocycles. The Morgan fingerprint density at radius 1 is 1.09 bits per heavy atom. The molecule has 9 heteroatoms. The summed E-state index contributed by atoms with van der Waals surface area (Å²) in [6.07, 6.45) is 4.77. The largest absolute Gasteiger partial charge is 0.379 e. The Morgan fingerprint density at radius 3 is 2.72 bits per heavy atom. The van der Waals surface area contributed by atoms with Crippen LogP contribution in [-0.2, 0) is 27.3 Å². The fourth-order valence-corrected chi connectivity index (χ4v) is 4.87. The molecule has 3 amide bonds. The van der Waals surface area contributed by atoms with Crippen molar-refractivity contribution in [1.29, 1.82) is 0 Å². The Hall–Kier alpha value is -2.88. The van der Waals surface area contributed by atoms with Gasteiger partial charge in [0, 0.05) is 42.8 Å². The summed E-state index contributed by atoms with van der Waals surface area (Å²) in [5.74, 6) is -0.151. The first kappa shape index (κ1) is 21.0. The van der Waals surface area contributed by atoms with Crippen LogP contribution in [0.5, 0.6) is 0 Å². The van der Waals surface area contributed by atoms with Crippen LogP contribution in [0, 0.1) is 0 Å². The lowest BCUT2D eigenvalue weighted by atomic mass is 10.0. The zero-order chi connectivity index (χ0) is 22.1. The van der Waals surface area contributed by atoms with Gasteiger partial charge in [0.2, 0.25) is 5.91 Å². The molecular weight excluding hydrogens is 428 g/mol. The third kappa shape index (κ3) is 4.36. The van der Waals surface area contributed by atoms with Gasteiger partial charge in [0.05, 0.1) is 31.1 Å². The number of nitrogens with zero attached hydrogens (tertiary/aromatic N) is 2. The molecule has 0 bridgehead atoms. The Balaban J connectivity index is 1.31. The van der Waals surface area contributed by atoms with Gasteiger partial charge in [0.25, 0.3) is 11.1 Å². The summed E-state index contributed by atoms with van der Waals surface area (Å²) in [5, 5.41) is 2.66. The molecule has 0 unspecified atom stereocenters. The second-order valence-corrected chi connectivity index (χ2v) is 9.02. The number of aromatic amines is 1. The number of hydrogen-bond acceptors (Lipinski definition) is 6. The summed E-state index contributed by atoms with van der Waals surface area (Å²) < 4.78 is 5.39. The van der Waals surface area contributed by atoms with Crippen molar-refractivity contribution in [3.63, 3.8) is 0 Å². The summed E-state index contributed by atoms with van der Waals surface area (Å²) in [4.78, 5) is 43.4. The number of carbonyl (C=O) groups excluding carboxylic acids is 3. The highest BCUT2D eigenvalue weighted by Crippen LogP contribution is 2.34. The van der Waals surface area contributed by atoms with Crippen LogP contribution in [0.3, 0.4) is 0 Å². The molecule has 2 fully saturated rings. The Kier molecular flexibility index (Phi) is 5.86. The van der Waals surface area contributed by atoms with Crippen LogP contribution < -0.4 is 5.32 Å². The van der Waals surface area contributed by atoms with Crippen LogP contribution in [0.4, 0.5) is 10.5 Å². The van der Waals surface area contributed by atoms with Crippen LogP contribution in [0.25, 0.3) is 11.6 Å². The summed E-state index contributed by atoms with van der Waals surface area (Å²) in [6, 6.07) is 7.61. The number of morpholine rings is 1. The maximum atomic E-state index is 12.6. The zero-order valence-electron chi connectivity index (χ0n) is 17.6. The fraction of sp³-hybridized carbons (Fsp3) is 0.348. The van der Waals surface area contributed by atoms with Crippen molar-refractivity contribution in [2.24, 2.45) is 0 Å². The van der Waals surface area contributed by atoms with Gasteiger partial charge in [0.15, 0.2) is 0 Å². The molecule has 1 aromatic carbocycles. The van der Waals surface area contributed by atoms with E-state index in [-0.39, 0.29) is 29.4 Å². The molecule has 2 aromatic rings. The van der Waals surface area contributed by atoms with E-state index in [2.05, 4.69) is 21.3 Å². The molecule has 0 atom stereocenters. The number of ether oxygens (including phenoxy) is 1.